The zero-order chi connectivity index (χ0) is 13.9. The fraction of sp³-hybridized carbons (Fsp3) is 0.625. The first-order valence-corrected chi connectivity index (χ1v) is 7.96. The summed E-state index contributed by atoms with van der Waals surface area (Å²) in [5.41, 5.74) is 1.79. The summed E-state index contributed by atoms with van der Waals surface area (Å²) in [7, 11) is 2.22. The van der Waals surface area contributed by atoms with Gasteiger partial charge in [-0.15, -0.1) is 0 Å². The lowest BCUT2D eigenvalue weighted by Crippen LogP contribution is -2.42. The van der Waals surface area contributed by atoms with Crippen molar-refractivity contribution in [3.63, 3.8) is 0 Å². The zero-order valence-corrected chi connectivity index (χ0v) is 13.8. The van der Waals surface area contributed by atoms with E-state index in [-0.39, 0.29) is 0 Å². The number of hydrogen-bond acceptors (Lipinski definition) is 2. The fourth-order valence-electron chi connectivity index (χ4n) is 2.67. The molecule has 0 saturated carbocycles. The minimum Gasteiger partial charge on any atom is -0.310 e. The van der Waals surface area contributed by atoms with Gasteiger partial charge in [-0.05, 0) is 56.9 Å². The molecule has 2 rings (SSSR count). The van der Waals surface area contributed by atoms with Crippen LogP contribution in [0.5, 0.6) is 0 Å². The Bertz CT molecular complexity index is 411. The fourth-order valence-corrected chi connectivity index (χ4v) is 3.30. The quantitative estimate of drug-likeness (QED) is 0.905. The number of rotatable bonds is 4. The molecule has 0 aromatic heterocycles. The largest absolute Gasteiger partial charge is 0.310 e. The number of halogens is 1. The lowest BCUT2D eigenvalue weighted by atomic mass is 9.80. The van der Waals surface area contributed by atoms with E-state index in [2.05, 4.69) is 71.3 Å². The molecule has 0 radical (unpaired) electrons. The maximum absolute atomic E-state index is 3.72. The van der Waals surface area contributed by atoms with E-state index >= 15 is 0 Å². The van der Waals surface area contributed by atoms with E-state index in [4.69, 9.17) is 0 Å². The minimum atomic E-state index is 0.395. The van der Waals surface area contributed by atoms with Crippen molar-refractivity contribution in [3.05, 3.63) is 34.3 Å². The highest BCUT2D eigenvalue weighted by atomic mass is 79.9. The number of likely N-dealkylation sites (tertiary alicyclic amines) is 1. The number of nitrogens with zero attached hydrogens (tertiary/aromatic N) is 1. The van der Waals surface area contributed by atoms with Crippen LogP contribution in [0.1, 0.15) is 38.3 Å². The summed E-state index contributed by atoms with van der Waals surface area (Å²) in [5.74, 6) is 0. The second kappa shape index (κ2) is 6.38. The van der Waals surface area contributed by atoms with E-state index in [1.807, 2.05) is 0 Å². The highest BCUT2D eigenvalue weighted by Gasteiger charge is 2.29. The summed E-state index contributed by atoms with van der Waals surface area (Å²) in [4.78, 5) is 2.43. The van der Waals surface area contributed by atoms with Crippen LogP contribution in [-0.2, 0) is 0 Å². The van der Waals surface area contributed by atoms with Crippen molar-refractivity contribution in [1.82, 2.24) is 10.2 Å². The number of benzene rings is 1. The summed E-state index contributed by atoms with van der Waals surface area (Å²) < 4.78 is 1.20. The van der Waals surface area contributed by atoms with Crippen molar-refractivity contribution in [2.75, 3.05) is 26.7 Å². The molecule has 0 spiro atoms. The van der Waals surface area contributed by atoms with Gasteiger partial charge >= 0.3 is 0 Å². The normalized spacial score (nSPS) is 21.3. The van der Waals surface area contributed by atoms with E-state index in [9.17, 15) is 0 Å². The molecule has 2 nitrogen and oxygen atoms in total. The summed E-state index contributed by atoms with van der Waals surface area (Å²) in [6.45, 7) is 8.21. The van der Waals surface area contributed by atoms with Gasteiger partial charge in [0.05, 0.1) is 0 Å². The SMILES string of the molecule is CC(NCC1(C)CCN(C)CC1)c1ccccc1Br. The van der Waals surface area contributed by atoms with Gasteiger partial charge in [-0.1, -0.05) is 41.1 Å². The van der Waals surface area contributed by atoms with E-state index in [1.54, 1.807) is 0 Å². The van der Waals surface area contributed by atoms with Crippen LogP contribution in [0.15, 0.2) is 28.7 Å². The van der Waals surface area contributed by atoms with Crippen LogP contribution in [0.25, 0.3) is 0 Å². The summed E-state index contributed by atoms with van der Waals surface area (Å²) in [6, 6.07) is 8.88. The van der Waals surface area contributed by atoms with Gasteiger partial charge in [-0.2, -0.15) is 0 Å². The molecule has 1 atom stereocenters. The van der Waals surface area contributed by atoms with Gasteiger partial charge in [-0.3, -0.25) is 0 Å². The van der Waals surface area contributed by atoms with Crippen LogP contribution in [0.3, 0.4) is 0 Å². The standard InChI is InChI=1S/C16H25BrN2/c1-13(14-6-4-5-7-15(14)17)18-12-16(2)8-10-19(3)11-9-16/h4-7,13,18H,8-12H2,1-3H3. The maximum Gasteiger partial charge on any atom is 0.0303 e. The Hall–Kier alpha value is -0.380. The first kappa shape index (κ1) is 15.0. The average molecular weight is 325 g/mol. The topological polar surface area (TPSA) is 15.3 Å². The molecule has 0 bridgehead atoms. The van der Waals surface area contributed by atoms with Gasteiger partial charge in [0.1, 0.15) is 0 Å². The monoisotopic (exact) mass is 324 g/mol. The molecular weight excluding hydrogens is 300 g/mol. The number of nitrogens with one attached hydrogen (secondary N) is 1. The lowest BCUT2D eigenvalue weighted by molar-refractivity contribution is 0.134. The van der Waals surface area contributed by atoms with Crippen LogP contribution in [0.2, 0.25) is 0 Å². The van der Waals surface area contributed by atoms with Crippen molar-refractivity contribution in [3.8, 4) is 0 Å². The Balaban J connectivity index is 1.90. The van der Waals surface area contributed by atoms with Crippen molar-refractivity contribution in [1.29, 1.82) is 0 Å². The first-order chi connectivity index (χ1) is 9.00. The van der Waals surface area contributed by atoms with Gasteiger partial charge in [0, 0.05) is 17.1 Å². The number of piperidine rings is 1. The third-order valence-electron chi connectivity index (χ3n) is 4.40. The molecule has 1 unspecified atom stereocenters. The molecule has 3 heteroatoms. The Morgan fingerprint density at radius 2 is 1.95 bits per heavy atom. The summed E-state index contributed by atoms with van der Waals surface area (Å²) >= 11 is 3.64. The third kappa shape index (κ3) is 4.04. The van der Waals surface area contributed by atoms with E-state index in [0.717, 1.165) is 6.54 Å². The van der Waals surface area contributed by atoms with Crippen LogP contribution in [0.4, 0.5) is 0 Å². The first-order valence-electron chi connectivity index (χ1n) is 7.16. The van der Waals surface area contributed by atoms with E-state index in [1.165, 1.54) is 36.0 Å². The molecular formula is C16H25BrN2. The molecule has 1 aromatic rings. The Morgan fingerprint density at radius 3 is 2.58 bits per heavy atom. The average Bonchev–Trinajstić information content (AvgIpc) is 2.41. The van der Waals surface area contributed by atoms with Gasteiger partial charge in [0.25, 0.3) is 0 Å². The molecule has 1 aromatic carbocycles. The smallest absolute Gasteiger partial charge is 0.0303 e. The molecule has 1 N–H and O–H groups in total. The van der Waals surface area contributed by atoms with Crippen LogP contribution < -0.4 is 5.32 Å². The van der Waals surface area contributed by atoms with Crippen molar-refractivity contribution >= 4 is 15.9 Å². The lowest BCUT2D eigenvalue weighted by Gasteiger charge is -2.38. The van der Waals surface area contributed by atoms with Gasteiger partial charge in [0.15, 0.2) is 0 Å². The van der Waals surface area contributed by atoms with Gasteiger partial charge in [-0.25, -0.2) is 0 Å². The Labute approximate surface area is 125 Å². The third-order valence-corrected chi connectivity index (χ3v) is 5.12. The second-order valence-corrected chi connectivity index (χ2v) is 7.09. The molecule has 0 aliphatic carbocycles. The predicted octanol–water partition coefficient (Wildman–Crippen LogP) is 3.83. The van der Waals surface area contributed by atoms with E-state index < -0.39 is 0 Å². The Kier molecular flexibility index (Phi) is 5.04. The van der Waals surface area contributed by atoms with Crippen molar-refractivity contribution < 1.29 is 0 Å². The zero-order valence-electron chi connectivity index (χ0n) is 12.2. The maximum atomic E-state index is 3.72. The molecule has 106 valence electrons. The Morgan fingerprint density at radius 1 is 1.32 bits per heavy atom. The van der Waals surface area contributed by atoms with Crippen LogP contribution in [-0.4, -0.2) is 31.6 Å². The molecule has 1 saturated heterocycles. The van der Waals surface area contributed by atoms with E-state index in [0.29, 0.717) is 11.5 Å². The summed E-state index contributed by atoms with van der Waals surface area (Å²) in [6.07, 6.45) is 2.58. The van der Waals surface area contributed by atoms with Crippen molar-refractivity contribution in [2.24, 2.45) is 5.41 Å². The van der Waals surface area contributed by atoms with Gasteiger partial charge < -0.3 is 10.2 Å². The number of hydrogen-bond donors (Lipinski definition) is 1. The molecule has 1 heterocycles. The van der Waals surface area contributed by atoms with Crippen LogP contribution in [0, 0.1) is 5.41 Å². The molecule has 1 aliphatic heterocycles. The molecule has 1 fully saturated rings. The molecule has 1 aliphatic rings. The second-order valence-electron chi connectivity index (χ2n) is 6.24. The highest BCUT2D eigenvalue weighted by Crippen LogP contribution is 2.31. The summed E-state index contributed by atoms with van der Waals surface area (Å²) in [5, 5.41) is 3.72. The van der Waals surface area contributed by atoms with Crippen molar-refractivity contribution in [2.45, 2.75) is 32.7 Å². The molecule has 0 amide bonds. The van der Waals surface area contributed by atoms with Gasteiger partial charge in [0.2, 0.25) is 0 Å². The highest BCUT2D eigenvalue weighted by molar-refractivity contribution is 9.10. The minimum absolute atomic E-state index is 0.395. The predicted molar refractivity (Wildman–Crippen MR) is 85.4 cm³/mol. The molecule has 19 heavy (non-hydrogen) atoms. The van der Waals surface area contributed by atoms with Crippen LogP contribution >= 0.6 is 15.9 Å².